The van der Waals surface area contributed by atoms with E-state index in [0.29, 0.717) is 12.3 Å². The highest BCUT2D eigenvalue weighted by molar-refractivity contribution is 6.01. The maximum Gasteiger partial charge on any atom is 0.349 e. The Morgan fingerprint density at radius 3 is 2.50 bits per heavy atom. The molecule has 1 amide bonds. The van der Waals surface area contributed by atoms with E-state index in [9.17, 15) is 14.9 Å². The molecule has 2 rings (SSSR count). The number of hydrogen-bond donors (Lipinski definition) is 1. The highest BCUT2D eigenvalue weighted by Crippen LogP contribution is 2.23. The van der Waals surface area contributed by atoms with E-state index >= 15 is 0 Å². The smallest absolute Gasteiger partial charge is 0.349 e. The minimum absolute atomic E-state index is 0.108. The number of ether oxygens (including phenoxy) is 2. The van der Waals surface area contributed by atoms with Crippen LogP contribution in [-0.2, 0) is 19.1 Å². The molecular weight excluding hydrogens is 382 g/mol. The molecule has 158 valence electrons. The van der Waals surface area contributed by atoms with E-state index in [2.05, 4.69) is 9.88 Å². The molecule has 0 saturated heterocycles. The number of carbonyl (C=O) groups excluding carboxylic acids is 2. The summed E-state index contributed by atoms with van der Waals surface area (Å²) in [6, 6.07) is 12.7. The maximum atomic E-state index is 12.5. The Labute approximate surface area is 176 Å². The Morgan fingerprint density at radius 2 is 1.90 bits per heavy atom. The molecule has 1 N–H and O–H groups in total. The standard InChI is InChI=1S/C23H27N3O4/c1-15-11-19(17(3)26(15)16(2)14-29-5)12-20(13-24)23(28)30-18(4)22(27)25-21-9-7-6-8-10-21/h6-12,16,18H,14H2,1-5H3,(H,25,27)/b20-12+/t16-,18+/m0/s1. The first-order valence-electron chi connectivity index (χ1n) is 9.64. The quantitative estimate of drug-likeness (QED) is 0.407. The van der Waals surface area contributed by atoms with E-state index in [0.717, 1.165) is 17.0 Å². The fourth-order valence-corrected chi connectivity index (χ4v) is 3.28. The summed E-state index contributed by atoms with van der Waals surface area (Å²) >= 11 is 0. The van der Waals surface area contributed by atoms with E-state index in [4.69, 9.17) is 9.47 Å². The van der Waals surface area contributed by atoms with Gasteiger partial charge in [0.2, 0.25) is 0 Å². The van der Waals surface area contributed by atoms with E-state index in [1.807, 2.05) is 39.0 Å². The van der Waals surface area contributed by atoms with Crippen LogP contribution in [0.1, 0.15) is 36.8 Å². The Kier molecular flexibility index (Phi) is 7.96. The van der Waals surface area contributed by atoms with Gasteiger partial charge in [-0.2, -0.15) is 5.26 Å². The van der Waals surface area contributed by atoms with Crippen LogP contribution in [0.5, 0.6) is 0 Å². The molecule has 0 radical (unpaired) electrons. The van der Waals surface area contributed by atoms with E-state index in [1.54, 1.807) is 31.4 Å². The molecule has 2 atom stereocenters. The Balaban J connectivity index is 2.14. The van der Waals surface area contributed by atoms with Gasteiger partial charge in [0.15, 0.2) is 6.10 Å². The van der Waals surface area contributed by atoms with Crippen molar-refractivity contribution in [2.75, 3.05) is 19.0 Å². The van der Waals surface area contributed by atoms with Crippen LogP contribution >= 0.6 is 0 Å². The lowest BCUT2D eigenvalue weighted by Crippen LogP contribution is -2.30. The van der Waals surface area contributed by atoms with Gasteiger partial charge in [0.05, 0.1) is 12.6 Å². The first-order valence-corrected chi connectivity index (χ1v) is 9.64. The van der Waals surface area contributed by atoms with Crippen LogP contribution < -0.4 is 5.32 Å². The van der Waals surface area contributed by atoms with Crippen molar-refractivity contribution in [3.8, 4) is 6.07 Å². The van der Waals surface area contributed by atoms with Gasteiger partial charge in [0, 0.05) is 24.2 Å². The molecule has 0 aliphatic heterocycles. The summed E-state index contributed by atoms with van der Waals surface area (Å²) in [4.78, 5) is 24.7. The van der Waals surface area contributed by atoms with Gasteiger partial charge >= 0.3 is 5.97 Å². The lowest BCUT2D eigenvalue weighted by Gasteiger charge is -2.17. The second-order valence-corrected chi connectivity index (χ2v) is 7.07. The summed E-state index contributed by atoms with van der Waals surface area (Å²) in [5.41, 5.74) is 3.07. The molecule has 0 fully saturated rings. The second-order valence-electron chi connectivity index (χ2n) is 7.07. The molecule has 2 aromatic rings. The van der Waals surface area contributed by atoms with E-state index in [-0.39, 0.29) is 11.6 Å². The lowest BCUT2D eigenvalue weighted by molar-refractivity contribution is -0.148. The van der Waals surface area contributed by atoms with Crippen molar-refractivity contribution in [1.82, 2.24) is 4.57 Å². The van der Waals surface area contributed by atoms with Gasteiger partial charge in [-0.1, -0.05) is 18.2 Å². The number of nitrogens with one attached hydrogen (secondary N) is 1. The monoisotopic (exact) mass is 409 g/mol. The summed E-state index contributed by atoms with van der Waals surface area (Å²) < 4.78 is 12.5. The Morgan fingerprint density at radius 1 is 1.23 bits per heavy atom. The van der Waals surface area contributed by atoms with Crippen molar-refractivity contribution in [3.63, 3.8) is 0 Å². The molecule has 0 aliphatic carbocycles. The number of benzene rings is 1. The third kappa shape index (κ3) is 5.58. The summed E-state index contributed by atoms with van der Waals surface area (Å²) in [6.07, 6.45) is 0.436. The number of para-hydroxylation sites is 1. The van der Waals surface area contributed by atoms with Crippen LogP contribution in [0.4, 0.5) is 5.69 Å². The van der Waals surface area contributed by atoms with Crippen LogP contribution in [0.15, 0.2) is 42.0 Å². The molecule has 1 aromatic carbocycles. The van der Waals surface area contributed by atoms with Gasteiger partial charge in [-0.15, -0.1) is 0 Å². The third-order valence-electron chi connectivity index (χ3n) is 4.71. The first-order chi connectivity index (χ1) is 14.3. The molecular formula is C23H27N3O4. The van der Waals surface area contributed by atoms with Gasteiger partial charge < -0.3 is 19.4 Å². The van der Waals surface area contributed by atoms with Gasteiger partial charge in [-0.25, -0.2) is 4.79 Å². The van der Waals surface area contributed by atoms with E-state index in [1.165, 1.54) is 13.0 Å². The molecule has 30 heavy (non-hydrogen) atoms. The molecule has 0 saturated carbocycles. The van der Waals surface area contributed by atoms with Crippen molar-refractivity contribution in [3.05, 3.63) is 58.9 Å². The molecule has 1 aromatic heterocycles. The summed E-state index contributed by atoms with van der Waals surface area (Å²) in [5.74, 6) is -1.32. The third-order valence-corrected chi connectivity index (χ3v) is 4.71. The number of carbonyl (C=O) groups is 2. The van der Waals surface area contributed by atoms with E-state index < -0.39 is 18.0 Å². The zero-order chi connectivity index (χ0) is 22.3. The topological polar surface area (TPSA) is 93.3 Å². The average Bonchev–Trinajstić information content (AvgIpc) is 2.99. The van der Waals surface area contributed by atoms with Crippen LogP contribution in [0.2, 0.25) is 0 Å². The molecule has 0 bridgehead atoms. The van der Waals surface area contributed by atoms with Crippen molar-refractivity contribution in [2.24, 2.45) is 0 Å². The van der Waals surface area contributed by atoms with Crippen LogP contribution in [0.25, 0.3) is 6.08 Å². The second kappa shape index (κ2) is 10.4. The van der Waals surface area contributed by atoms with Crippen LogP contribution in [0, 0.1) is 25.2 Å². The number of hydrogen-bond acceptors (Lipinski definition) is 5. The summed E-state index contributed by atoms with van der Waals surface area (Å²) in [5, 5.41) is 12.1. The normalized spacial score (nSPS) is 13.3. The maximum absolute atomic E-state index is 12.5. The minimum Gasteiger partial charge on any atom is -0.448 e. The van der Waals surface area contributed by atoms with Crippen molar-refractivity contribution >= 4 is 23.6 Å². The average molecular weight is 409 g/mol. The van der Waals surface area contributed by atoms with Crippen LogP contribution in [-0.4, -0.2) is 36.3 Å². The highest BCUT2D eigenvalue weighted by atomic mass is 16.5. The number of esters is 1. The molecule has 7 heteroatoms. The molecule has 7 nitrogen and oxygen atoms in total. The fraction of sp³-hybridized carbons (Fsp3) is 0.348. The zero-order valence-corrected chi connectivity index (χ0v) is 17.9. The number of aryl methyl sites for hydroxylation is 1. The zero-order valence-electron chi connectivity index (χ0n) is 17.9. The van der Waals surface area contributed by atoms with Crippen LogP contribution in [0.3, 0.4) is 0 Å². The molecule has 0 unspecified atom stereocenters. The molecule has 1 heterocycles. The molecule has 0 spiro atoms. The fourth-order valence-electron chi connectivity index (χ4n) is 3.28. The lowest BCUT2D eigenvalue weighted by atomic mass is 10.1. The number of amides is 1. The number of nitriles is 1. The van der Waals surface area contributed by atoms with Gasteiger partial charge in [-0.05, 0) is 57.5 Å². The minimum atomic E-state index is -1.05. The number of rotatable bonds is 8. The number of aromatic nitrogens is 1. The van der Waals surface area contributed by atoms with Crippen molar-refractivity contribution in [2.45, 2.75) is 39.8 Å². The first kappa shape index (κ1) is 22.9. The van der Waals surface area contributed by atoms with Gasteiger partial charge in [0.25, 0.3) is 5.91 Å². The molecule has 0 aliphatic rings. The largest absolute Gasteiger partial charge is 0.448 e. The highest BCUT2D eigenvalue weighted by Gasteiger charge is 2.22. The van der Waals surface area contributed by atoms with Crippen molar-refractivity contribution < 1.29 is 19.1 Å². The number of nitrogens with zero attached hydrogens (tertiary/aromatic N) is 2. The van der Waals surface area contributed by atoms with Crippen molar-refractivity contribution in [1.29, 1.82) is 5.26 Å². The summed E-state index contributed by atoms with van der Waals surface area (Å²) in [7, 11) is 1.64. The number of methoxy groups -OCH3 is 1. The number of anilines is 1. The predicted molar refractivity (Wildman–Crippen MR) is 115 cm³/mol. The Bertz CT molecular complexity index is 970. The van der Waals surface area contributed by atoms with Gasteiger partial charge in [0.1, 0.15) is 11.6 Å². The summed E-state index contributed by atoms with van der Waals surface area (Å²) in [6.45, 7) is 7.91. The van der Waals surface area contributed by atoms with Gasteiger partial charge in [-0.3, -0.25) is 4.79 Å². The SMILES string of the molecule is COC[C@H](C)n1c(C)cc(/C=C(\C#N)C(=O)O[C@H](C)C(=O)Nc2ccccc2)c1C. The predicted octanol–water partition coefficient (Wildman–Crippen LogP) is 3.79. The Hall–Kier alpha value is -3.37.